The third kappa shape index (κ3) is 2.83. The van der Waals surface area contributed by atoms with E-state index in [1.165, 1.54) is 6.92 Å². The van der Waals surface area contributed by atoms with E-state index in [-0.39, 0.29) is 11.4 Å². The van der Waals surface area contributed by atoms with Crippen molar-refractivity contribution in [3.63, 3.8) is 0 Å². The molecule has 0 aliphatic rings. The van der Waals surface area contributed by atoms with E-state index >= 15 is 0 Å². The molecule has 1 rings (SSSR count). The van der Waals surface area contributed by atoms with Gasteiger partial charge < -0.3 is 4.74 Å². The zero-order valence-electron chi connectivity index (χ0n) is 10.00. The van der Waals surface area contributed by atoms with Crippen LogP contribution in [-0.2, 0) is 10.2 Å². The minimum atomic E-state index is -0.382. The maximum Gasteiger partial charge on any atom is 0.308 e. The van der Waals surface area contributed by atoms with Crippen molar-refractivity contribution in [3.8, 4) is 11.8 Å². The van der Waals surface area contributed by atoms with Crippen molar-refractivity contribution in [1.29, 1.82) is 5.26 Å². The number of hydrogen-bond donors (Lipinski definition) is 0. The molecule has 0 saturated carbocycles. The van der Waals surface area contributed by atoms with Gasteiger partial charge >= 0.3 is 5.97 Å². The quantitative estimate of drug-likeness (QED) is 0.537. The summed E-state index contributed by atoms with van der Waals surface area (Å²) in [7, 11) is 0. The Labute approximate surface area is 95.7 Å². The van der Waals surface area contributed by atoms with Crippen molar-refractivity contribution >= 4 is 5.97 Å². The maximum absolute atomic E-state index is 10.8. The zero-order chi connectivity index (χ0) is 12.3. The molecular formula is C13H15NO2. The lowest BCUT2D eigenvalue weighted by Crippen LogP contribution is -2.13. The lowest BCUT2D eigenvalue weighted by atomic mass is 9.84. The molecule has 0 bridgehead atoms. The molecule has 0 atom stereocenters. The van der Waals surface area contributed by atoms with E-state index in [9.17, 15) is 4.79 Å². The van der Waals surface area contributed by atoms with E-state index in [1.54, 1.807) is 12.1 Å². The third-order valence-electron chi connectivity index (χ3n) is 2.18. The predicted molar refractivity (Wildman–Crippen MR) is 61.2 cm³/mol. The first kappa shape index (κ1) is 12.3. The highest BCUT2D eigenvalue weighted by Gasteiger charge is 2.18. The Morgan fingerprint density at radius 2 is 2.00 bits per heavy atom. The molecule has 0 amide bonds. The SMILES string of the molecule is CC(=O)Oc1ccc(C(C)(C)C)c(C#N)c1. The van der Waals surface area contributed by atoms with Gasteiger partial charge in [-0.2, -0.15) is 5.26 Å². The van der Waals surface area contributed by atoms with Crippen LogP contribution in [0.15, 0.2) is 18.2 Å². The van der Waals surface area contributed by atoms with Gasteiger partial charge in [0.05, 0.1) is 11.6 Å². The lowest BCUT2D eigenvalue weighted by molar-refractivity contribution is -0.131. The Hall–Kier alpha value is -1.82. The summed E-state index contributed by atoms with van der Waals surface area (Å²) in [5.74, 6) is 0.0319. The molecule has 3 nitrogen and oxygen atoms in total. The topological polar surface area (TPSA) is 50.1 Å². The highest BCUT2D eigenvalue weighted by Crippen LogP contribution is 2.28. The summed E-state index contributed by atoms with van der Waals surface area (Å²) in [5, 5.41) is 9.05. The lowest BCUT2D eigenvalue weighted by Gasteiger charge is -2.20. The molecule has 0 saturated heterocycles. The highest BCUT2D eigenvalue weighted by molar-refractivity contribution is 5.69. The summed E-state index contributed by atoms with van der Waals surface area (Å²) < 4.78 is 4.93. The fourth-order valence-corrected chi connectivity index (χ4v) is 1.50. The molecule has 0 aliphatic carbocycles. The molecule has 84 valence electrons. The van der Waals surface area contributed by atoms with E-state index in [1.807, 2.05) is 26.8 Å². The molecule has 1 aromatic carbocycles. The number of esters is 1. The van der Waals surface area contributed by atoms with Crippen LogP contribution in [0.4, 0.5) is 0 Å². The molecule has 0 radical (unpaired) electrons. The van der Waals surface area contributed by atoms with Gasteiger partial charge in [0.15, 0.2) is 0 Å². The van der Waals surface area contributed by atoms with Gasteiger partial charge in [0, 0.05) is 6.92 Å². The van der Waals surface area contributed by atoms with Crippen molar-refractivity contribution in [2.75, 3.05) is 0 Å². The van der Waals surface area contributed by atoms with Crippen LogP contribution in [0.5, 0.6) is 5.75 Å². The van der Waals surface area contributed by atoms with Gasteiger partial charge in [-0.25, -0.2) is 0 Å². The van der Waals surface area contributed by atoms with Gasteiger partial charge in [-0.3, -0.25) is 4.79 Å². The van der Waals surface area contributed by atoms with E-state index in [2.05, 4.69) is 6.07 Å². The van der Waals surface area contributed by atoms with Crippen molar-refractivity contribution in [3.05, 3.63) is 29.3 Å². The van der Waals surface area contributed by atoms with Crippen LogP contribution in [0.1, 0.15) is 38.8 Å². The van der Waals surface area contributed by atoms with Gasteiger partial charge in [-0.1, -0.05) is 26.8 Å². The van der Waals surface area contributed by atoms with Crippen LogP contribution >= 0.6 is 0 Å². The standard InChI is InChI=1S/C13H15NO2/c1-9(15)16-11-5-6-12(13(2,3)4)10(7-11)8-14/h5-7H,1-4H3. The summed E-state index contributed by atoms with van der Waals surface area (Å²) in [6.45, 7) is 7.45. The average molecular weight is 217 g/mol. The van der Waals surface area contributed by atoms with Crippen molar-refractivity contribution < 1.29 is 9.53 Å². The minimum Gasteiger partial charge on any atom is -0.427 e. The number of nitrogens with zero attached hydrogens (tertiary/aromatic N) is 1. The highest BCUT2D eigenvalue weighted by atomic mass is 16.5. The molecule has 16 heavy (non-hydrogen) atoms. The van der Waals surface area contributed by atoms with Crippen LogP contribution in [-0.4, -0.2) is 5.97 Å². The van der Waals surface area contributed by atoms with Crippen LogP contribution < -0.4 is 4.74 Å². The van der Waals surface area contributed by atoms with E-state index < -0.39 is 0 Å². The number of rotatable bonds is 1. The van der Waals surface area contributed by atoms with Gasteiger partial charge in [0.25, 0.3) is 0 Å². The first-order valence-corrected chi connectivity index (χ1v) is 5.07. The smallest absolute Gasteiger partial charge is 0.308 e. The fraction of sp³-hybridized carbons (Fsp3) is 0.385. The minimum absolute atomic E-state index is 0.0974. The normalized spacial score (nSPS) is 10.7. The molecular weight excluding hydrogens is 202 g/mol. The van der Waals surface area contributed by atoms with E-state index in [0.29, 0.717) is 11.3 Å². The van der Waals surface area contributed by atoms with Crippen molar-refractivity contribution in [2.45, 2.75) is 33.1 Å². The molecule has 0 N–H and O–H groups in total. The maximum atomic E-state index is 10.8. The molecule has 0 unspecified atom stereocenters. The molecule has 0 fully saturated rings. The third-order valence-corrected chi connectivity index (χ3v) is 2.18. The van der Waals surface area contributed by atoms with Crippen molar-refractivity contribution in [2.24, 2.45) is 0 Å². The molecule has 0 aliphatic heterocycles. The average Bonchev–Trinajstić information content (AvgIpc) is 2.14. The summed E-state index contributed by atoms with van der Waals surface area (Å²) in [6.07, 6.45) is 0. The number of carbonyl (C=O) groups excluding carboxylic acids is 1. The molecule has 0 spiro atoms. The van der Waals surface area contributed by atoms with Gasteiger partial charge in [-0.05, 0) is 23.1 Å². The van der Waals surface area contributed by atoms with Crippen LogP contribution in [0.2, 0.25) is 0 Å². The summed E-state index contributed by atoms with van der Waals surface area (Å²) in [5.41, 5.74) is 1.40. The second-order valence-corrected chi connectivity index (χ2v) is 4.66. The first-order valence-electron chi connectivity index (χ1n) is 5.07. The molecule has 3 heteroatoms. The van der Waals surface area contributed by atoms with Crippen molar-refractivity contribution in [1.82, 2.24) is 0 Å². The zero-order valence-corrected chi connectivity index (χ0v) is 10.00. The first-order chi connectivity index (χ1) is 7.34. The Morgan fingerprint density at radius 3 is 2.44 bits per heavy atom. The van der Waals surface area contributed by atoms with Crippen LogP contribution in [0.3, 0.4) is 0 Å². The fourth-order valence-electron chi connectivity index (χ4n) is 1.50. The predicted octanol–water partition coefficient (Wildman–Crippen LogP) is 2.78. The van der Waals surface area contributed by atoms with Gasteiger partial charge in [0.1, 0.15) is 5.75 Å². The van der Waals surface area contributed by atoms with E-state index in [4.69, 9.17) is 10.00 Å². The van der Waals surface area contributed by atoms with E-state index in [0.717, 1.165) is 5.56 Å². The summed E-state index contributed by atoms with van der Waals surface area (Å²) in [4.78, 5) is 10.8. The Kier molecular flexibility index (Phi) is 3.34. The number of hydrogen-bond acceptors (Lipinski definition) is 3. The second kappa shape index (κ2) is 4.36. The number of benzene rings is 1. The summed E-state index contributed by atoms with van der Waals surface area (Å²) >= 11 is 0. The Balaban J connectivity index is 3.19. The number of carbonyl (C=O) groups is 1. The second-order valence-electron chi connectivity index (χ2n) is 4.66. The van der Waals surface area contributed by atoms with Gasteiger partial charge in [-0.15, -0.1) is 0 Å². The van der Waals surface area contributed by atoms with Crippen LogP contribution in [0.25, 0.3) is 0 Å². The molecule has 0 heterocycles. The van der Waals surface area contributed by atoms with Crippen LogP contribution in [0, 0.1) is 11.3 Å². The number of ether oxygens (including phenoxy) is 1. The largest absolute Gasteiger partial charge is 0.427 e. The number of nitriles is 1. The monoisotopic (exact) mass is 217 g/mol. The molecule has 1 aromatic rings. The Bertz CT molecular complexity index is 450. The molecule has 0 aromatic heterocycles. The Morgan fingerprint density at radius 1 is 1.38 bits per heavy atom. The van der Waals surface area contributed by atoms with Gasteiger partial charge in [0.2, 0.25) is 0 Å². The summed E-state index contributed by atoms with van der Waals surface area (Å²) in [6, 6.07) is 7.26.